The van der Waals surface area contributed by atoms with Crippen LogP contribution in [0.25, 0.3) is 0 Å². The molecular weight excluding hydrogens is 416 g/mol. The molecule has 5 heteroatoms. The molecule has 1 aliphatic carbocycles. The van der Waals surface area contributed by atoms with Crippen molar-refractivity contribution in [2.75, 3.05) is 13.1 Å². The Balaban J connectivity index is 0.00000208. The maximum Gasteiger partial charge on any atom is 0.188 e. The van der Waals surface area contributed by atoms with Gasteiger partial charge in [0.25, 0.3) is 0 Å². The van der Waals surface area contributed by atoms with Crippen LogP contribution in [0, 0.1) is 5.82 Å². The zero-order valence-electron chi connectivity index (χ0n) is 13.5. The van der Waals surface area contributed by atoms with Gasteiger partial charge in [0.05, 0.1) is 6.54 Å². The van der Waals surface area contributed by atoms with Gasteiger partial charge in [-0.2, -0.15) is 0 Å². The first-order chi connectivity index (χ1) is 11.2. The summed E-state index contributed by atoms with van der Waals surface area (Å²) in [6.45, 7) is 1.28. The van der Waals surface area contributed by atoms with E-state index in [0.717, 1.165) is 31.4 Å². The van der Waals surface area contributed by atoms with Crippen LogP contribution in [0.1, 0.15) is 24.0 Å². The van der Waals surface area contributed by atoms with E-state index in [1.54, 1.807) is 6.07 Å². The van der Waals surface area contributed by atoms with Crippen LogP contribution in [0.4, 0.5) is 4.39 Å². The summed E-state index contributed by atoms with van der Waals surface area (Å²) in [5, 5.41) is 3.13. The third-order valence-corrected chi connectivity index (χ3v) is 4.41. The number of hydrogen-bond acceptors (Lipinski definition) is 1. The van der Waals surface area contributed by atoms with Crippen molar-refractivity contribution in [3.8, 4) is 0 Å². The number of nitrogens with zero attached hydrogens (tertiary/aromatic N) is 1. The molecule has 1 saturated carbocycles. The van der Waals surface area contributed by atoms with Gasteiger partial charge in [-0.1, -0.05) is 48.5 Å². The van der Waals surface area contributed by atoms with Crippen molar-refractivity contribution >= 4 is 29.9 Å². The molecule has 0 bridgehead atoms. The molecule has 3 rings (SSSR count). The maximum atomic E-state index is 13.9. The normalized spacial score (nSPS) is 15.5. The molecule has 0 spiro atoms. The summed E-state index contributed by atoms with van der Waals surface area (Å²) < 4.78 is 13.9. The Bertz CT molecular complexity index is 684. The van der Waals surface area contributed by atoms with Crippen molar-refractivity contribution in [3.63, 3.8) is 0 Å². The molecule has 0 aliphatic heterocycles. The summed E-state index contributed by atoms with van der Waals surface area (Å²) in [5.74, 6) is 0.291. The molecule has 3 N–H and O–H groups in total. The summed E-state index contributed by atoms with van der Waals surface area (Å²) in [7, 11) is 0. The van der Waals surface area contributed by atoms with Gasteiger partial charge in [-0.05, 0) is 36.5 Å². The highest BCUT2D eigenvalue weighted by atomic mass is 127. The molecular formula is C19H23FIN3. The van der Waals surface area contributed by atoms with E-state index >= 15 is 0 Å². The minimum Gasteiger partial charge on any atom is -0.370 e. The smallest absolute Gasteiger partial charge is 0.188 e. The fourth-order valence-electron chi connectivity index (χ4n) is 2.83. The predicted octanol–water partition coefficient (Wildman–Crippen LogP) is 3.62. The Morgan fingerprint density at radius 2 is 1.75 bits per heavy atom. The highest BCUT2D eigenvalue weighted by Gasteiger charge is 2.45. The highest BCUT2D eigenvalue weighted by molar-refractivity contribution is 14.0. The molecule has 0 heterocycles. The molecule has 0 aromatic heterocycles. The largest absolute Gasteiger partial charge is 0.370 e. The van der Waals surface area contributed by atoms with Crippen molar-refractivity contribution < 1.29 is 4.39 Å². The fourth-order valence-corrected chi connectivity index (χ4v) is 2.83. The van der Waals surface area contributed by atoms with Crippen molar-refractivity contribution in [1.82, 2.24) is 5.32 Å². The summed E-state index contributed by atoms with van der Waals surface area (Å²) in [6, 6.07) is 17.2. The number of nitrogens with two attached hydrogens (primary N) is 1. The van der Waals surface area contributed by atoms with E-state index in [9.17, 15) is 4.39 Å². The quantitative estimate of drug-likeness (QED) is 0.411. The molecule has 2 aromatic carbocycles. The van der Waals surface area contributed by atoms with E-state index in [1.165, 1.54) is 11.6 Å². The number of hydrogen-bond donors (Lipinski definition) is 2. The molecule has 1 fully saturated rings. The van der Waals surface area contributed by atoms with Gasteiger partial charge in [0, 0.05) is 12.0 Å². The van der Waals surface area contributed by atoms with E-state index < -0.39 is 0 Å². The van der Waals surface area contributed by atoms with Gasteiger partial charge >= 0.3 is 0 Å². The van der Waals surface area contributed by atoms with E-state index in [2.05, 4.69) is 22.4 Å². The van der Waals surface area contributed by atoms with Crippen LogP contribution in [-0.4, -0.2) is 19.0 Å². The summed E-state index contributed by atoms with van der Waals surface area (Å²) in [5.41, 5.74) is 7.80. The first-order valence-corrected chi connectivity index (χ1v) is 8.02. The van der Waals surface area contributed by atoms with E-state index in [4.69, 9.17) is 5.73 Å². The molecule has 0 radical (unpaired) electrons. The molecule has 0 amide bonds. The Kier molecular flexibility index (Phi) is 6.60. The van der Waals surface area contributed by atoms with Crippen LogP contribution in [0.3, 0.4) is 0 Å². The number of halogens is 2. The Hall–Kier alpha value is -1.63. The van der Waals surface area contributed by atoms with Gasteiger partial charge in [-0.3, -0.25) is 4.99 Å². The first-order valence-electron chi connectivity index (χ1n) is 8.02. The second-order valence-electron chi connectivity index (χ2n) is 6.12. The van der Waals surface area contributed by atoms with E-state index in [0.29, 0.717) is 12.5 Å². The second kappa shape index (κ2) is 8.46. The average molecular weight is 439 g/mol. The van der Waals surface area contributed by atoms with Crippen molar-refractivity contribution in [2.24, 2.45) is 10.7 Å². The molecule has 0 atom stereocenters. The minimum atomic E-state index is -0.156. The summed E-state index contributed by atoms with van der Waals surface area (Å²) in [4.78, 5) is 4.42. The Labute approximate surface area is 159 Å². The third-order valence-electron chi connectivity index (χ3n) is 4.41. The van der Waals surface area contributed by atoms with Crippen LogP contribution < -0.4 is 11.1 Å². The molecule has 0 unspecified atom stereocenters. The van der Waals surface area contributed by atoms with Gasteiger partial charge in [0.15, 0.2) is 5.96 Å². The van der Waals surface area contributed by atoms with Gasteiger partial charge in [0.2, 0.25) is 0 Å². The highest BCUT2D eigenvalue weighted by Crippen LogP contribution is 2.49. The topological polar surface area (TPSA) is 50.4 Å². The second-order valence-corrected chi connectivity index (χ2v) is 6.12. The van der Waals surface area contributed by atoms with Crippen LogP contribution >= 0.6 is 24.0 Å². The molecule has 1 aliphatic rings. The van der Waals surface area contributed by atoms with Gasteiger partial charge in [0.1, 0.15) is 5.82 Å². The zero-order chi connectivity index (χ0) is 16.1. The molecule has 2 aromatic rings. The molecule has 128 valence electrons. The maximum absolute atomic E-state index is 13.9. The zero-order valence-corrected chi connectivity index (χ0v) is 15.9. The average Bonchev–Trinajstić information content (AvgIpc) is 3.35. The van der Waals surface area contributed by atoms with E-state index in [-0.39, 0.29) is 35.2 Å². The third kappa shape index (κ3) is 4.69. The fraction of sp³-hybridized carbons (Fsp3) is 0.316. The van der Waals surface area contributed by atoms with Crippen LogP contribution in [0.15, 0.2) is 59.6 Å². The van der Waals surface area contributed by atoms with E-state index in [1.807, 2.05) is 30.3 Å². The van der Waals surface area contributed by atoms with Crippen LogP contribution in [0.2, 0.25) is 0 Å². The van der Waals surface area contributed by atoms with Crippen molar-refractivity contribution in [3.05, 3.63) is 71.5 Å². The number of nitrogens with one attached hydrogen (secondary N) is 1. The molecule has 24 heavy (non-hydrogen) atoms. The molecule has 0 saturated heterocycles. The SMILES string of the molecule is I.NC(=NCC1(c2ccccc2F)CC1)NCCc1ccccc1. The lowest BCUT2D eigenvalue weighted by Crippen LogP contribution is -2.34. The lowest BCUT2D eigenvalue weighted by Gasteiger charge is -2.14. The van der Waals surface area contributed by atoms with Crippen molar-refractivity contribution in [1.29, 1.82) is 0 Å². The first kappa shape index (κ1) is 18.7. The van der Waals surface area contributed by atoms with Crippen LogP contribution in [0.5, 0.6) is 0 Å². The summed E-state index contributed by atoms with van der Waals surface area (Å²) in [6.07, 6.45) is 2.83. The van der Waals surface area contributed by atoms with Gasteiger partial charge in [-0.25, -0.2) is 4.39 Å². The summed E-state index contributed by atoms with van der Waals surface area (Å²) >= 11 is 0. The Morgan fingerprint density at radius 3 is 2.42 bits per heavy atom. The number of guanidine groups is 1. The van der Waals surface area contributed by atoms with Crippen LogP contribution in [-0.2, 0) is 11.8 Å². The number of aliphatic imine (C=N–C) groups is 1. The van der Waals surface area contributed by atoms with Gasteiger partial charge in [-0.15, -0.1) is 24.0 Å². The lowest BCUT2D eigenvalue weighted by molar-refractivity contribution is 0.573. The Morgan fingerprint density at radius 1 is 1.08 bits per heavy atom. The standard InChI is InChI=1S/C19H22FN3.HI/c20-17-9-5-4-8-16(17)19(11-12-19)14-23-18(21)22-13-10-15-6-2-1-3-7-15;/h1-9H,10-14H2,(H3,21,22,23);1H. The van der Waals surface area contributed by atoms with Crippen molar-refractivity contribution in [2.45, 2.75) is 24.7 Å². The monoisotopic (exact) mass is 439 g/mol. The number of benzene rings is 2. The lowest BCUT2D eigenvalue weighted by atomic mass is 9.95. The molecule has 3 nitrogen and oxygen atoms in total. The van der Waals surface area contributed by atoms with Gasteiger partial charge < -0.3 is 11.1 Å². The minimum absolute atomic E-state index is 0. The number of rotatable bonds is 6. The predicted molar refractivity (Wildman–Crippen MR) is 107 cm³/mol.